The minimum absolute atomic E-state index is 0.0148. The maximum atomic E-state index is 12.7. The number of carbonyl (C=O) groups is 1. The largest absolute Gasteiger partial charge is 0.417 e. The number of aromatic nitrogens is 3. The van der Waals surface area contributed by atoms with Crippen molar-refractivity contribution in [2.45, 2.75) is 17.4 Å². The van der Waals surface area contributed by atoms with E-state index in [1.807, 2.05) is 6.92 Å². The van der Waals surface area contributed by atoms with Gasteiger partial charge >= 0.3 is 6.18 Å². The number of pyridine rings is 1. The molecule has 146 valence electrons. The number of anilines is 1. The first-order chi connectivity index (χ1) is 12.7. The van der Waals surface area contributed by atoms with Crippen LogP contribution in [0, 0.1) is 6.92 Å². The Hall–Kier alpha value is -1.59. The second-order valence-electron chi connectivity index (χ2n) is 5.77. The third kappa shape index (κ3) is 5.02. The maximum absolute atomic E-state index is 12.7. The molecule has 0 spiro atoms. The first-order valence-electron chi connectivity index (χ1n) is 7.92. The predicted molar refractivity (Wildman–Crippen MR) is 98.4 cm³/mol. The summed E-state index contributed by atoms with van der Waals surface area (Å²) in [5.74, 6) is 0.558. The molecule has 1 aliphatic heterocycles. The highest BCUT2D eigenvalue weighted by Gasteiger charge is 2.32. The molecule has 0 radical (unpaired) electrons. The first kappa shape index (κ1) is 20.2. The minimum atomic E-state index is -4.48. The molecule has 1 fully saturated rings. The molecular weight excluding hydrogens is 423 g/mol. The van der Waals surface area contributed by atoms with Gasteiger partial charge in [0.25, 0.3) is 0 Å². The van der Waals surface area contributed by atoms with Gasteiger partial charge in [0.05, 0.1) is 16.3 Å². The Morgan fingerprint density at radius 3 is 2.56 bits per heavy atom. The average molecular weight is 438 g/mol. The number of hydrogen-bond donors (Lipinski definition) is 0. The van der Waals surface area contributed by atoms with E-state index in [0.717, 1.165) is 21.6 Å². The molecule has 6 nitrogen and oxygen atoms in total. The van der Waals surface area contributed by atoms with Gasteiger partial charge in [-0.2, -0.15) is 13.2 Å². The van der Waals surface area contributed by atoms with Crippen molar-refractivity contribution in [3.05, 3.63) is 27.9 Å². The molecule has 3 heterocycles. The van der Waals surface area contributed by atoms with Gasteiger partial charge in [-0.15, -0.1) is 10.2 Å². The SMILES string of the molecule is Cc1nnc(SCC(=O)N2CCN(c3ncc(C(F)(F)F)cc3Cl)CC2)s1. The van der Waals surface area contributed by atoms with Crippen LogP contribution in [-0.4, -0.2) is 57.9 Å². The fourth-order valence-electron chi connectivity index (χ4n) is 2.54. The Morgan fingerprint density at radius 2 is 2.00 bits per heavy atom. The molecule has 0 bridgehead atoms. The fraction of sp³-hybridized carbons (Fsp3) is 0.467. The topological polar surface area (TPSA) is 62.2 Å². The van der Waals surface area contributed by atoms with Gasteiger partial charge in [-0.05, 0) is 13.0 Å². The average Bonchev–Trinajstić information content (AvgIpc) is 3.04. The van der Waals surface area contributed by atoms with Gasteiger partial charge in [0.15, 0.2) is 4.34 Å². The van der Waals surface area contributed by atoms with Gasteiger partial charge in [-0.1, -0.05) is 34.7 Å². The molecule has 2 aromatic heterocycles. The highest BCUT2D eigenvalue weighted by Crippen LogP contribution is 2.33. The zero-order valence-corrected chi connectivity index (χ0v) is 16.6. The van der Waals surface area contributed by atoms with E-state index in [0.29, 0.717) is 32.0 Å². The second-order valence-corrected chi connectivity index (χ2v) is 8.58. The quantitative estimate of drug-likeness (QED) is 0.683. The van der Waals surface area contributed by atoms with Crippen molar-refractivity contribution in [2.75, 3.05) is 36.8 Å². The summed E-state index contributed by atoms with van der Waals surface area (Å²) in [6.45, 7) is 3.66. The van der Waals surface area contributed by atoms with Crippen LogP contribution in [-0.2, 0) is 11.0 Å². The number of amides is 1. The molecule has 12 heteroatoms. The molecule has 0 aromatic carbocycles. The Labute approximate surface area is 166 Å². The molecule has 3 rings (SSSR count). The van der Waals surface area contributed by atoms with E-state index in [2.05, 4.69) is 15.2 Å². The highest BCUT2D eigenvalue weighted by atomic mass is 35.5. The van der Waals surface area contributed by atoms with Crippen molar-refractivity contribution in [1.29, 1.82) is 0 Å². The number of piperazine rings is 1. The number of nitrogens with zero attached hydrogens (tertiary/aromatic N) is 5. The summed E-state index contributed by atoms with van der Waals surface area (Å²) in [4.78, 5) is 19.7. The third-order valence-electron chi connectivity index (χ3n) is 3.91. The van der Waals surface area contributed by atoms with Crippen LogP contribution < -0.4 is 4.90 Å². The minimum Gasteiger partial charge on any atom is -0.352 e. The van der Waals surface area contributed by atoms with Gasteiger partial charge in [-0.3, -0.25) is 4.79 Å². The molecule has 0 N–H and O–H groups in total. The van der Waals surface area contributed by atoms with Gasteiger partial charge in [-0.25, -0.2) is 4.98 Å². The van der Waals surface area contributed by atoms with Crippen LogP contribution in [0.1, 0.15) is 10.6 Å². The smallest absolute Gasteiger partial charge is 0.352 e. The Kier molecular flexibility index (Phi) is 6.11. The number of aryl methyl sites for hydroxylation is 1. The normalized spacial score (nSPS) is 15.3. The summed E-state index contributed by atoms with van der Waals surface area (Å²) in [6.07, 6.45) is -3.71. The van der Waals surface area contributed by atoms with E-state index in [4.69, 9.17) is 11.6 Å². The van der Waals surface area contributed by atoms with Gasteiger partial charge in [0.2, 0.25) is 5.91 Å². The molecule has 1 amide bonds. The van der Waals surface area contributed by atoms with Crippen LogP contribution >= 0.6 is 34.7 Å². The van der Waals surface area contributed by atoms with Crippen LogP contribution in [0.15, 0.2) is 16.6 Å². The summed E-state index contributed by atoms with van der Waals surface area (Å²) in [6, 6.07) is 0.877. The number of hydrogen-bond acceptors (Lipinski definition) is 7. The lowest BCUT2D eigenvalue weighted by Gasteiger charge is -2.35. The van der Waals surface area contributed by atoms with Gasteiger partial charge in [0.1, 0.15) is 10.8 Å². The fourth-order valence-corrected chi connectivity index (χ4v) is 4.54. The Morgan fingerprint density at radius 1 is 1.30 bits per heavy atom. The monoisotopic (exact) mass is 437 g/mol. The van der Waals surface area contributed by atoms with E-state index in [1.165, 1.54) is 23.1 Å². The van der Waals surface area contributed by atoms with Crippen molar-refractivity contribution in [3.8, 4) is 0 Å². The summed E-state index contributed by atoms with van der Waals surface area (Å²) in [7, 11) is 0. The zero-order valence-electron chi connectivity index (χ0n) is 14.2. The van der Waals surface area contributed by atoms with Gasteiger partial charge in [0, 0.05) is 32.4 Å². The van der Waals surface area contributed by atoms with E-state index < -0.39 is 11.7 Å². The molecule has 0 unspecified atom stereocenters. The van der Waals surface area contributed by atoms with Crippen molar-refractivity contribution < 1.29 is 18.0 Å². The molecule has 1 saturated heterocycles. The van der Waals surface area contributed by atoms with Crippen molar-refractivity contribution >= 4 is 46.4 Å². The van der Waals surface area contributed by atoms with Crippen LogP contribution in [0.5, 0.6) is 0 Å². The molecule has 0 atom stereocenters. The molecular formula is C15H15ClF3N5OS2. The first-order valence-corrected chi connectivity index (χ1v) is 10.1. The lowest BCUT2D eigenvalue weighted by molar-refractivity contribution is -0.137. The Balaban J connectivity index is 1.54. The molecule has 27 heavy (non-hydrogen) atoms. The summed E-state index contributed by atoms with van der Waals surface area (Å²) in [5, 5.41) is 8.67. The van der Waals surface area contributed by atoms with Crippen molar-refractivity contribution in [3.63, 3.8) is 0 Å². The van der Waals surface area contributed by atoms with Crippen molar-refractivity contribution in [2.24, 2.45) is 0 Å². The highest BCUT2D eigenvalue weighted by molar-refractivity contribution is 8.01. The second kappa shape index (κ2) is 8.19. The van der Waals surface area contributed by atoms with E-state index in [-0.39, 0.29) is 16.7 Å². The number of alkyl halides is 3. The van der Waals surface area contributed by atoms with Crippen molar-refractivity contribution in [1.82, 2.24) is 20.1 Å². The zero-order chi connectivity index (χ0) is 19.6. The molecule has 1 aliphatic rings. The number of thioether (sulfide) groups is 1. The van der Waals surface area contributed by atoms with Crippen LogP contribution in [0.25, 0.3) is 0 Å². The van der Waals surface area contributed by atoms with Crippen LogP contribution in [0.4, 0.5) is 19.0 Å². The standard InChI is InChI=1S/C15H15ClF3N5OS2/c1-9-21-22-14(27-9)26-8-12(25)23-2-4-24(5-3-23)13-11(16)6-10(7-20-13)15(17,18)19/h6-7H,2-5,8H2,1H3. The predicted octanol–water partition coefficient (Wildman–Crippen LogP) is 3.35. The Bertz CT molecular complexity index is 824. The lowest BCUT2D eigenvalue weighted by atomic mass is 10.2. The van der Waals surface area contributed by atoms with E-state index in [1.54, 1.807) is 9.80 Å². The lowest BCUT2D eigenvalue weighted by Crippen LogP contribution is -2.49. The maximum Gasteiger partial charge on any atom is 0.417 e. The van der Waals surface area contributed by atoms with Crippen LogP contribution in [0.2, 0.25) is 5.02 Å². The third-order valence-corrected chi connectivity index (χ3v) is 6.14. The summed E-state index contributed by atoms with van der Waals surface area (Å²) in [5.41, 5.74) is -0.881. The number of rotatable bonds is 4. The van der Waals surface area contributed by atoms with Crippen LogP contribution in [0.3, 0.4) is 0 Å². The molecule has 0 saturated carbocycles. The summed E-state index contributed by atoms with van der Waals surface area (Å²) >= 11 is 8.77. The summed E-state index contributed by atoms with van der Waals surface area (Å²) < 4.78 is 38.9. The van der Waals surface area contributed by atoms with E-state index in [9.17, 15) is 18.0 Å². The number of halogens is 4. The molecule has 2 aromatic rings. The van der Waals surface area contributed by atoms with Gasteiger partial charge < -0.3 is 9.80 Å². The molecule has 0 aliphatic carbocycles. The number of carbonyl (C=O) groups excluding carboxylic acids is 1. The van der Waals surface area contributed by atoms with E-state index >= 15 is 0 Å².